The van der Waals surface area contributed by atoms with Crippen LogP contribution in [0.25, 0.3) is 0 Å². The average Bonchev–Trinajstić information content (AvgIpc) is 2.47. The molecule has 114 valence electrons. The number of piperidine rings is 1. The number of hydrogen-bond donors (Lipinski definition) is 2. The summed E-state index contributed by atoms with van der Waals surface area (Å²) in [6, 6.07) is 6.60. The second-order valence-electron chi connectivity index (χ2n) is 5.10. The summed E-state index contributed by atoms with van der Waals surface area (Å²) in [7, 11) is 1.56. The van der Waals surface area contributed by atoms with Gasteiger partial charge < -0.3 is 20.1 Å². The van der Waals surface area contributed by atoms with Crippen molar-refractivity contribution in [1.29, 1.82) is 0 Å². The fraction of sp³-hybridized carbons (Fsp3) is 0.467. The van der Waals surface area contributed by atoms with Crippen LogP contribution in [0.15, 0.2) is 24.3 Å². The molecule has 1 atom stereocenters. The van der Waals surface area contributed by atoms with Crippen LogP contribution >= 0.6 is 0 Å². The standard InChI is InChI=1S/C15H20N2O4/c1-21-13-7-4-5-11(9-13)16-15(20)17-8-3-2-6-12(17)10-14(18)19/h4-5,7,9,12H,2-3,6,8,10H2,1H3,(H,16,20)(H,18,19). The van der Waals surface area contributed by atoms with E-state index in [9.17, 15) is 9.59 Å². The maximum Gasteiger partial charge on any atom is 0.322 e. The number of carbonyl (C=O) groups is 2. The van der Waals surface area contributed by atoms with Gasteiger partial charge in [-0.2, -0.15) is 0 Å². The molecule has 0 aromatic heterocycles. The number of carboxylic acid groups (broad SMARTS) is 1. The van der Waals surface area contributed by atoms with Crippen LogP contribution in [0.1, 0.15) is 25.7 Å². The minimum Gasteiger partial charge on any atom is -0.497 e. The van der Waals surface area contributed by atoms with Gasteiger partial charge >= 0.3 is 12.0 Å². The first kappa shape index (κ1) is 15.2. The molecule has 6 heteroatoms. The molecule has 1 aromatic rings. The number of likely N-dealkylation sites (tertiary alicyclic amines) is 1. The summed E-state index contributed by atoms with van der Waals surface area (Å²) in [5.41, 5.74) is 0.638. The highest BCUT2D eigenvalue weighted by Gasteiger charge is 2.28. The largest absolute Gasteiger partial charge is 0.497 e. The SMILES string of the molecule is COc1cccc(NC(=O)N2CCCCC2CC(=O)O)c1. The third-order valence-electron chi connectivity index (χ3n) is 3.62. The topological polar surface area (TPSA) is 78.9 Å². The van der Waals surface area contributed by atoms with Crippen molar-refractivity contribution in [2.45, 2.75) is 31.7 Å². The zero-order valence-electron chi connectivity index (χ0n) is 12.0. The lowest BCUT2D eigenvalue weighted by molar-refractivity contribution is -0.138. The number of urea groups is 1. The molecule has 1 saturated heterocycles. The summed E-state index contributed by atoms with van der Waals surface area (Å²) >= 11 is 0. The van der Waals surface area contributed by atoms with Gasteiger partial charge in [-0.05, 0) is 31.4 Å². The molecule has 0 saturated carbocycles. The van der Waals surface area contributed by atoms with E-state index in [0.29, 0.717) is 18.0 Å². The lowest BCUT2D eigenvalue weighted by Gasteiger charge is -2.34. The molecule has 21 heavy (non-hydrogen) atoms. The third kappa shape index (κ3) is 4.11. The Kier molecular flexibility index (Phi) is 5.03. The maximum atomic E-state index is 12.3. The molecule has 1 aromatic carbocycles. The summed E-state index contributed by atoms with van der Waals surface area (Å²) in [4.78, 5) is 24.9. The Balaban J connectivity index is 2.04. The molecular weight excluding hydrogens is 272 g/mol. The van der Waals surface area contributed by atoms with Gasteiger partial charge in [-0.1, -0.05) is 6.07 Å². The smallest absolute Gasteiger partial charge is 0.322 e. The molecule has 1 unspecified atom stereocenters. The Morgan fingerprint density at radius 3 is 2.95 bits per heavy atom. The van der Waals surface area contributed by atoms with Crippen LogP contribution in [0.4, 0.5) is 10.5 Å². The molecule has 2 rings (SSSR count). The number of rotatable bonds is 4. The average molecular weight is 292 g/mol. The van der Waals surface area contributed by atoms with Crippen molar-refractivity contribution in [1.82, 2.24) is 4.90 Å². The number of nitrogens with zero attached hydrogens (tertiary/aromatic N) is 1. The predicted octanol–water partition coefficient (Wildman–Crippen LogP) is 2.56. The number of anilines is 1. The van der Waals surface area contributed by atoms with E-state index in [0.717, 1.165) is 19.3 Å². The number of nitrogens with one attached hydrogen (secondary N) is 1. The van der Waals surface area contributed by atoms with Gasteiger partial charge in [0.05, 0.1) is 13.5 Å². The Bertz CT molecular complexity index is 518. The van der Waals surface area contributed by atoms with Crippen molar-refractivity contribution < 1.29 is 19.4 Å². The van der Waals surface area contributed by atoms with E-state index in [1.54, 1.807) is 36.3 Å². The van der Waals surface area contributed by atoms with Crippen LogP contribution in [0.3, 0.4) is 0 Å². The summed E-state index contributed by atoms with van der Waals surface area (Å²) in [6.07, 6.45) is 2.59. The lowest BCUT2D eigenvalue weighted by atomic mass is 10.00. The minimum absolute atomic E-state index is 0.00840. The Morgan fingerprint density at radius 1 is 1.43 bits per heavy atom. The molecule has 0 bridgehead atoms. The first-order valence-corrected chi connectivity index (χ1v) is 7.03. The van der Waals surface area contributed by atoms with E-state index in [2.05, 4.69) is 5.32 Å². The van der Waals surface area contributed by atoms with E-state index < -0.39 is 5.97 Å². The van der Waals surface area contributed by atoms with Crippen molar-refractivity contribution in [2.24, 2.45) is 0 Å². The highest BCUT2D eigenvalue weighted by molar-refractivity contribution is 5.90. The molecule has 2 amide bonds. The summed E-state index contributed by atoms with van der Waals surface area (Å²) in [5.74, 6) is -0.213. The van der Waals surface area contributed by atoms with Gasteiger partial charge in [0.1, 0.15) is 5.75 Å². The number of amides is 2. The van der Waals surface area contributed by atoms with Crippen LogP contribution in [0.2, 0.25) is 0 Å². The van der Waals surface area contributed by atoms with Crippen molar-refractivity contribution in [3.05, 3.63) is 24.3 Å². The van der Waals surface area contributed by atoms with Crippen LogP contribution in [0, 0.1) is 0 Å². The second-order valence-corrected chi connectivity index (χ2v) is 5.10. The number of carbonyl (C=O) groups excluding carboxylic acids is 1. The van der Waals surface area contributed by atoms with Gasteiger partial charge in [-0.25, -0.2) is 4.79 Å². The molecule has 1 fully saturated rings. The van der Waals surface area contributed by atoms with Gasteiger partial charge in [0, 0.05) is 24.3 Å². The Hall–Kier alpha value is -2.24. The first-order valence-electron chi connectivity index (χ1n) is 7.03. The van der Waals surface area contributed by atoms with E-state index in [4.69, 9.17) is 9.84 Å². The highest BCUT2D eigenvalue weighted by Crippen LogP contribution is 2.22. The number of methoxy groups -OCH3 is 1. The van der Waals surface area contributed by atoms with E-state index in [1.807, 2.05) is 0 Å². The first-order chi connectivity index (χ1) is 10.1. The molecular formula is C15H20N2O4. The minimum atomic E-state index is -0.874. The monoisotopic (exact) mass is 292 g/mol. The number of hydrogen-bond acceptors (Lipinski definition) is 3. The maximum absolute atomic E-state index is 12.3. The van der Waals surface area contributed by atoms with Crippen molar-refractivity contribution >= 4 is 17.7 Å². The van der Waals surface area contributed by atoms with Crippen LogP contribution in [0.5, 0.6) is 5.75 Å². The predicted molar refractivity (Wildman–Crippen MR) is 78.6 cm³/mol. The van der Waals surface area contributed by atoms with Gasteiger partial charge in [0.2, 0.25) is 0 Å². The molecule has 1 heterocycles. The number of ether oxygens (including phenoxy) is 1. The fourth-order valence-corrected chi connectivity index (χ4v) is 2.58. The van der Waals surface area contributed by atoms with E-state index in [-0.39, 0.29) is 18.5 Å². The van der Waals surface area contributed by atoms with Crippen molar-refractivity contribution in [2.75, 3.05) is 19.0 Å². The van der Waals surface area contributed by atoms with Crippen LogP contribution < -0.4 is 10.1 Å². The normalized spacial score (nSPS) is 18.1. The van der Waals surface area contributed by atoms with Gasteiger partial charge in [-0.3, -0.25) is 4.79 Å². The fourth-order valence-electron chi connectivity index (χ4n) is 2.58. The zero-order chi connectivity index (χ0) is 15.2. The zero-order valence-corrected chi connectivity index (χ0v) is 12.0. The van der Waals surface area contributed by atoms with Gasteiger partial charge in [-0.15, -0.1) is 0 Å². The summed E-state index contributed by atoms with van der Waals surface area (Å²) in [5, 5.41) is 11.8. The Morgan fingerprint density at radius 2 is 2.24 bits per heavy atom. The van der Waals surface area contributed by atoms with Gasteiger partial charge in [0.25, 0.3) is 0 Å². The third-order valence-corrected chi connectivity index (χ3v) is 3.62. The summed E-state index contributed by atoms with van der Waals surface area (Å²) in [6.45, 7) is 0.591. The van der Waals surface area contributed by atoms with Crippen LogP contribution in [-0.4, -0.2) is 41.7 Å². The number of carboxylic acids is 1. The van der Waals surface area contributed by atoms with Gasteiger partial charge in [0.15, 0.2) is 0 Å². The molecule has 1 aliphatic rings. The summed E-state index contributed by atoms with van der Waals surface area (Å²) < 4.78 is 5.11. The molecule has 0 radical (unpaired) electrons. The number of aliphatic carboxylic acids is 1. The van der Waals surface area contributed by atoms with E-state index in [1.165, 1.54) is 0 Å². The lowest BCUT2D eigenvalue weighted by Crippen LogP contribution is -2.46. The number of benzene rings is 1. The molecule has 6 nitrogen and oxygen atoms in total. The highest BCUT2D eigenvalue weighted by atomic mass is 16.5. The quantitative estimate of drug-likeness (QED) is 0.894. The molecule has 2 N–H and O–H groups in total. The molecule has 1 aliphatic heterocycles. The molecule has 0 aliphatic carbocycles. The molecule has 0 spiro atoms. The second kappa shape index (κ2) is 6.97. The Labute approximate surface area is 123 Å². The van der Waals surface area contributed by atoms with Crippen LogP contribution in [-0.2, 0) is 4.79 Å². The van der Waals surface area contributed by atoms with Crippen molar-refractivity contribution in [3.8, 4) is 5.75 Å². The van der Waals surface area contributed by atoms with Crippen molar-refractivity contribution in [3.63, 3.8) is 0 Å². The van der Waals surface area contributed by atoms with E-state index >= 15 is 0 Å².